The second-order valence-electron chi connectivity index (χ2n) is 8.39. The zero-order valence-electron chi connectivity index (χ0n) is 17.5. The largest absolute Gasteiger partial charge is 0.342 e. The summed E-state index contributed by atoms with van der Waals surface area (Å²) in [6, 6.07) is 13.3. The third kappa shape index (κ3) is 3.99. The van der Waals surface area contributed by atoms with Crippen molar-refractivity contribution < 1.29 is 9.18 Å². The van der Waals surface area contributed by atoms with Gasteiger partial charge in [0.15, 0.2) is 0 Å². The number of halogens is 1. The number of aromatic nitrogens is 1. The Kier molecular flexibility index (Phi) is 5.55. The van der Waals surface area contributed by atoms with E-state index in [1.165, 1.54) is 39.9 Å². The molecule has 0 saturated carbocycles. The number of hydrogen-bond donors (Lipinski definition) is 0. The monoisotopic (exact) mass is 392 g/mol. The molecule has 0 spiro atoms. The average Bonchev–Trinajstić information content (AvgIpc) is 3.00. The number of carbonyl (C=O) groups excluding carboxylic acids is 1. The molecule has 152 valence electrons. The van der Waals surface area contributed by atoms with Crippen LogP contribution in [0.1, 0.15) is 48.1 Å². The van der Waals surface area contributed by atoms with Crippen LogP contribution < -0.4 is 0 Å². The van der Waals surface area contributed by atoms with Gasteiger partial charge in [-0.15, -0.1) is 0 Å². The van der Waals surface area contributed by atoms with Gasteiger partial charge in [-0.2, -0.15) is 0 Å². The predicted octanol–water partition coefficient (Wildman–Crippen LogP) is 5.23. The van der Waals surface area contributed by atoms with Crippen LogP contribution in [0.5, 0.6) is 0 Å². The second kappa shape index (κ2) is 8.11. The van der Waals surface area contributed by atoms with E-state index >= 15 is 0 Å². The molecule has 1 aliphatic heterocycles. The molecule has 0 fully saturated rings. The van der Waals surface area contributed by atoms with E-state index in [1.807, 2.05) is 19.1 Å². The van der Waals surface area contributed by atoms with Gasteiger partial charge in [0, 0.05) is 55.0 Å². The summed E-state index contributed by atoms with van der Waals surface area (Å²) in [7, 11) is 2.16. The van der Waals surface area contributed by atoms with E-state index in [1.54, 1.807) is 0 Å². The molecule has 3 aromatic rings. The number of carbonyl (C=O) groups is 1. The fraction of sp³-hybridized carbons (Fsp3) is 0.400. The molecule has 3 nitrogen and oxygen atoms in total. The highest BCUT2D eigenvalue weighted by Crippen LogP contribution is 2.34. The molecule has 0 saturated heterocycles. The second-order valence-corrected chi connectivity index (χ2v) is 8.39. The minimum Gasteiger partial charge on any atom is -0.342 e. The van der Waals surface area contributed by atoms with Gasteiger partial charge in [-0.25, -0.2) is 4.39 Å². The molecular weight excluding hydrogens is 363 g/mol. The van der Waals surface area contributed by atoms with Crippen LogP contribution in [0.2, 0.25) is 0 Å². The maximum Gasteiger partial charge on any atom is 0.133 e. The lowest BCUT2D eigenvalue weighted by atomic mass is 9.92. The molecule has 4 heteroatoms. The van der Waals surface area contributed by atoms with Gasteiger partial charge in [0.25, 0.3) is 0 Å². The van der Waals surface area contributed by atoms with Crippen molar-refractivity contribution in [2.45, 2.75) is 52.1 Å². The van der Waals surface area contributed by atoms with Crippen molar-refractivity contribution in [3.63, 3.8) is 0 Å². The molecule has 2 aromatic carbocycles. The number of aryl methyl sites for hydroxylation is 1. The summed E-state index contributed by atoms with van der Waals surface area (Å²) in [6.45, 7) is 6.77. The number of ketones is 1. The summed E-state index contributed by atoms with van der Waals surface area (Å²) in [4.78, 5) is 14.7. The van der Waals surface area contributed by atoms with Crippen LogP contribution in [0.4, 0.5) is 4.39 Å². The van der Waals surface area contributed by atoms with Gasteiger partial charge < -0.3 is 9.47 Å². The summed E-state index contributed by atoms with van der Waals surface area (Å²) in [5.41, 5.74) is 6.34. The van der Waals surface area contributed by atoms with Crippen molar-refractivity contribution in [1.82, 2.24) is 9.47 Å². The number of rotatable bonds is 6. The molecule has 1 aliphatic rings. The third-order valence-corrected chi connectivity index (χ3v) is 6.22. The zero-order valence-corrected chi connectivity index (χ0v) is 17.5. The number of likely N-dealkylation sites (N-methyl/N-ethyl adjacent to an activating group) is 1. The number of nitrogens with zero attached hydrogens (tertiary/aromatic N) is 2. The summed E-state index contributed by atoms with van der Waals surface area (Å²) < 4.78 is 15.9. The molecule has 0 N–H and O–H groups in total. The van der Waals surface area contributed by atoms with Gasteiger partial charge in [-0.05, 0) is 55.8 Å². The summed E-state index contributed by atoms with van der Waals surface area (Å²) in [5.74, 6) is 0.0455. The van der Waals surface area contributed by atoms with Crippen molar-refractivity contribution in [3.8, 4) is 0 Å². The lowest BCUT2D eigenvalue weighted by Gasteiger charge is -2.26. The van der Waals surface area contributed by atoms with Gasteiger partial charge in [0.2, 0.25) is 0 Å². The fourth-order valence-corrected chi connectivity index (χ4v) is 4.56. The van der Waals surface area contributed by atoms with Crippen LogP contribution in [0.25, 0.3) is 10.9 Å². The first kappa shape index (κ1) is 19.8. The molecule has 0 bridgehead atoms. The van der Waals surface area contributed by atoms with Crippen molar-refractivity contribution in [2.75, 3.05) is 13.6 Å². The van der Waals surface area contributed by atoms with Gasteiger partial charge in [-0.1, -0.05) is 30.7 Å². The highest BCUT2D eigenvalue weighted by atomic mass is 19.1. The Hall–Kier alpha value is -2.46. The molecule has 1 atom stereocenters. The molecule has 0 aliphatic carbocycles. The van der Waals surface area contributed by atoms with Gasteiger partial charge in [-0.3, -0.25) is 4.79 Å². The Balaban J connectivity index is 1.80. The molecule has 0 radical (unpaired) electrons. The Morgan fingerprint density at radius 3 is 2.66 bits per heavy atom. The Labute approximate surface area is 172 Å². The van der Waals surface area contributed by atoms with Crippen molar-refractivity contribution >= 4 is 16.7 Å². The lowest BCUT2D eigenvalue weighted by molar-refractivity contribution is -0.119. The quantitative estimate of drug-likeness (QED) is 0.574. The highest BCUT2D eigenvalue weighted by molar-refractivity contribution is 5.86. The van der Waals surface area contributed by atoms with Crippen LogP contribution >= 0.6 is 0 Å². The normalized spacial score (nSPS) is 15.4. The summed E-state index contributed by atoms with van der Waals surface area (Å²) in [6.07, 6.45) is 2.07. The first-order valence-corrected chi connectivity index (χ1v) is 10.5. The Morgan fingerprint density at radius 1 is 1.17 bits per heavy atom. The van der Waals surface area contributed by atoms with E-state index in [-0.39, 0.29) is 17.5 Å². The van der Waals surface area contributed by atoms with E-state index in [2.05, 4.69) is 41.6 Å². The van der Waals surface area contributed by atoms with Gasteiger partial charge in [0.1, 0.15) is 11.6 Å². The van der Waals surface area contributed by atoms with Crippen LogP contribution in [-0.2, 0) is 24.3 Å². The minimum atomic E-state index is -0.241. The van der Waals surface area contributed by atoms with Crippen molar-refractivity contribution in [2.24, 2.45) is 0 Å². The van der Waals surface area contributed by atoms with E-state index in [4.69, 9.17) is 0 Å². The molecular formula is C25H29FN2O. The van der Waals surface area contributed by atoms with Crippen molar-refractivity contribution in [1.29, 1.82) is 0 Å². The van der Waals surface area contributed by atoms with Crippen molar-refractivity contribution in [3.05, 3.63) is 70.7 Å². The number of hydrogen-bond acceptors (Lipinski definition) is 2. The summed E-state index contributed by atoms with van der Waals surface area (Å²) in [5, 5.41) is 1.34. The molecule has 1 aromatic heterocycles. The Morgan fingerprint density at radius 2 is 1.93 bits per heavy atom. The van der Waals surface area contributed by atoms with Crippen LogP contribution in [0.15, 0.2) is 42.5 Å². The number of fused-ring (bicyclic) bond motifs is 3. The molecule has 1 unspecified atom stereocenters. The molecule has 2 heterocycles. The van der Waals surface area contributed by atoms with Crippen LogP contribution in [0.3, 0.4) is 0 Å². The van der Waals surface area contributed by atoms with Gasteiger partial charge >= 0.3 is 0 Å². The first-order valence-electron chi connectivity index (χ1n) is 10.5. The van der Waals surface area contributed by atoms with Crippen LogP contribution in [-0.4, -0.2) is 28.8 Å². The Bertz CT molecular complexity index is 1040. The van der Waals surface area contributed by atoms with E-state index in [0.717, 1.165) is 31.6 Å². The van der Waals surface area contributed by atoms with Gasteiger partial charge in [0.05, 0.1) is 0 Å². The highest BCUT2D eigenvalue weighted by Gasteiger charge is 2.25. The fourth-order valence-electron chi connectivity index (χ4n) is 4.56. The molecule has 0 amide bonds. The standard InChI is InChI=1S/C25H29FN2O/c1-4-21(29)14-19(18-6-8-20(26)9-7-18)15-28-24-10-5-17(2)13-23(24)22-11-12-27(3)16-25(22)28/h5-10,13,19H,4,11-12,14-16H2,1-3H3. The maximum absolute atomic E-state index is 13.5. The van der Waals surface area contributed by atoms with E-state index in [0.29, 0.717) is 12.8 Å². The number of benzene rings is 2. The first-order chi connectivity index (χ1) is 14.0. The predicted molar refractivity (Wildman–Crippen MR) is 116 cm³/mol. The van der Waals surface area contributed by atoms with Crippen LogP contribution in [0, 0.1) is 12.7 Å². The SMILES string of the molecule is CCC(=O)CC(Cn1c2c(c3cc(C)ccc31)CCN(C)C2)c1ccc(F)cc1. The van der Waals surface area contributed by atoms with E-state index in [9.17, 15) is 9.18 Å². The lowest BCUT2D eigenvalue weighted by Crippen LogP contribution is -2.28. The number of Topliss-reactive ketones (excluding diaryl/α,β-unsaturated/α-hetero) is 1. The topological polar surface area (TPSA) is 25.2 Å². The molecule has 29 heavy (non-hydrogen) atoms. The molecule has 4 rings (SSSR count). The average molecular weight is 393 g/mol. The third-order valence-electron chi connectivity index (χ3n) is 6.22. The maximum atomic E-state index is 13.5. The zero-order chi connectivity index (χ0) is 20.5. The van der Waals surface area contributed by atoms with E-state index < -0.39 is 0 Å². The summed E-state index contributed by atoms with van der Waals surface area (Å²) >= 11 is 0. The minimum absolute atomic E-state index is 0.0382. The smallest absolute Gasteiger partial charge is 0.133 e.